The van der Waals surface area contributed by atoms with Crippen molar-refractivity contribution in [3.05, 3.63) is 18.2 Å². The fourth-order valence-corrected chi connectivity index (χ4v) is 1.86. The van der Waals surface area contributed by atoms with E-state index in [0.29, 0.717) is 19.6 Å². The van der Waals surface area contributed by atoms with Crippen LogP contribution in [0, 0.1) is 0 Å². The summed E-state index contributed by atoms with van der Waals surface area (Å²) in [6, 6.07) is -0.113. The maximum Gasteiger partial charge on any atom is 0.174 e. The highest BCUT2D eigenvalue weighted by Crippen LogP contribution is 2.09. The van der Waals surface area contributed by atoms with Crippen molar-refractivity contribution in [2.75, 3.05) is 13.2 Å². The minimum absolute atomic E-state index is 0.113. The van der Waals surface area contributed by atoms with Crippen molar-refractivity contribution in [2.45, 2.75) is 46.1 Å². The Hall–Kier alpha value is -0.950. The first-order chi connectivity index (χ1) is 8.76. The zero-order valence-corrected chi connectivity index (χ0v) is 11.4. The molecule has 104 valence electrons. The normalized spacial score (nSPS) is 13.2. The van der Waals surface area contributed by atoms with Crippen molar-refractivity contribution >= 4 is 0 Å². The van der Waals surface area contributed by atoms with Crippen LogP contribution < -0.4 is 11.3 Å². The van der Waals surface area contributed by atoms with Crippen LogP contribution in [0.4, 0.5) is 0 Å². The minimum atomic E-state index is -0.355. The van der Waals surface area contributed by atoms with Gasteiger partial charge in [0.25, 0.3) is 0 Å². The van der Waals surface area contributed by atoms with Crippen LogP contribution in [0.25, 0.3) is 0 Å². The van der Waals surface area contributed by atoms with Crippen molar-refractivity contribution in [3.8, 4) is 0 Å². The number of hydrogen-bond acceptors (Lipinski definition) is 5. The fourth-order valence-electron chi connectivity index (χ4n) is 1.86. The molecule has 6 nitrogen and oxygen atoms in total. The molecule has 0 aliphatic heterocycles. The largest absolute Gasteiger partial charge is 0.351 e. The van der Waals surface area contributed by atoms with Gasteiger partial charge in [-0.15, -0.1) is 0 Å². The second-order valence-corrected chi connectivity index (χ2v) is 3.89. The van der Waals surface area contributed by atoms with Gasteiger partial charge in [0.1, 0.15) is 5.82 Å². The fraction of sp³-hybridized carbons (Fsp3) is 0.750. The third kappa shape index (κ3) is 4.06. The Morgan fingerprint density at radius 1 is 1.33 bits per heavy atom. The predicted octanol–water partition coefficient (Wildman–Crippen LogP) is 0.677. The summed E-state index contributed by atoms with van der Waals surface area (Å²) >= 11 is 0. The van der Waals surface area contributed by atoms with Gasteiger partial charge in [-0.1, -0.05) is 0 Å². The molecule has 0 bridgehead atoms. The highest BCUT2D eigenvalue weighted by Gasteiger charge is 2.23. The first kappa shape index (κ1) is 15.1. The quantitative estimate of drug-likeness (QED) is 0.386. The highest BCUT2D eigenvalue weighted by atomic mass is 16.7. The molecule has 0 aliphatic carbocycles. The Morgan fingerprint density at radius 2 is 2.00 bits per heavy atom. The van der Waals surface area contributed by atoms with E-state index in [1.54, 1.807) is 6.20 Å². The van der Waals surface area contributed by atoms with Crippen molar-refractivity contribution in [1.29, 1.82) is 0 Å². The Bertz CT molecular complexity index is 324. The lowest BCUT2D eigenvalue weighted by molar-refractivity contribution is -0.154. The summed E-state index contributed by atoms with van der Waals surface area (Å²) in [7, 11) is 0. The molecule has 1 atom stereocenters. The van der Waals surface area contributed by atoms with E-state index in [4.69, 9.17) is 15.3 Å². The van der Waals surface area contributed by atoms with Crippen LogP contribution in [-0.2, 0) is 22.4 Å². The third-order valence-electron chi connectivity index (χ3n) is 2.75. The molecule has 1 aromatic heterocycles. The van der Waals surface area contributed by atoms with Gasteiger partial charge in [-0.25, -0.2) is 4.98 Å². The molecule has 0 fully saturated rings. The molecular formula is C12H24N4O2. The van der Waals surface area contributed by atoms with E-state index < -0.39 is 0 Å². The molecule has 1 heterocycles. The molecule has 6 heteroatoms. The molecule has 3 N–H and O–H groups in total. The van der Waals surface area contributed by atoms with Gasteiger partial charge in [0.15, 0.2) is 6.29 Å². The summed E-state index contributed by atoms with van der Waals surface area (Å²) in [5, 5.41) is 0. The topological polar surface area (TPSA) is 74.3 Å². The van der Waals surface area contributed by atoms with E-state index in [1.165, 1.54) is 0 Å². The van der Waals surface area contributed by atoms with E-state index in [-0.39, 0.29) is 12.3 Å². The third-order valence-corrected chi connectivity index (χ3v) is 2.75. The van der Waals surface area contributed by atoms with Crippen molar-refractivity contribution in [2.24, 2.45) is 5.84 Å². The lowest BCUT2D eigenvalue weighted by atomic mass is 10.2. The maximum atomic E-state index is 5.60. The number of hydrazine groups is 1. The number of rotatable bonds is 9. The van der Waals surface area contributed by atoms with Gasteiger partial charge in [-0.3, -0.25) is 11.3 Å². The minimum Gasteiger partial charge on any atom is -0.351 e. The number of nitrogens with two attached hydrogens (primary N) is 1. The van der Waals surface area contributed by atoms with Crippen molar-refractivity contribution < 1.29 is 9.47 Å². The summed E-state index contributed by atoms with van der Waals surface area (Å²) in [5.41, 5.74) is 2.76. The monoisotopic (exact) mass is 256 g/mol. The molecule has 0 spiro atoms. The van der Waals surface area contributed by atoms with Crippen LogP contribution in [0.15, 0.2) is 12.4 Å². The molecule has 0 saturated carbocycles. The number of nitrogens with one attached hydrogen (secondary N) is 1. The van der Waals surface area contributed by atoms with Crippen molar-refractivity contribution in [1.82, 2.24) is 15.0 Å². The molecule has 1 rings (SSSR count). The molecule has 1 aromatic rings. The summed E-state index contributed by atoms with van der Waals surface area (Å²) in [5.74, 6) is 6.57. The Balaban J connectivity index is 2.69. The zero-order chi connectivity index (χ0) is 13.4. The van der Waals surface area contributed by atoms with E-state index in [2.05, 4.69) is 21.9 Å². The Kier molecular flexibility index (Phi) is 6.89. The molecular weight excluding hydrogens is 232 g/mol. The van der Waals surface area contributed by atoms with Crippen LogP contribution in [0.3, 0.4) is 0 Å². The van der Waals surface area contributed by atoms with Gasteiger partial charge in [0.2, 0.25) is 0 Å². The highest BCUT2D eigenvalue weighted by molar-refractivity contribution is 4.96. The Labute approximate surface area is 108 Å². The summed E-state index contributed by atoms with van der Waals surface area (Å²) in [4.78, 5) is 4.33. The lowest BCUT2D eigenvalue weighted by Crippen LogP contribution is -2.48. The second kappa shape index (κ2) is 8.20. The van der Waals surface area contributed by atoms with E-state index >= 15 is 0 Å². The zero-order valence-electron chi connectivity index (χ0n) is 11.4. The molecule has 18 heavy (non-hydrogen) atoms. The van der Waals surface area contributed by atoms with Gasteiger partial charge < -0.3 is 14.0 Å². The number of aryl methyl sites for hydroxylation is 1. The maximum absolute atomic E-state index is 5.60. The average Bonchev–Trinajstić information content (AvgIpc) is 2.83. The van der Waals surface area contributed by atoms with Crippen LogP contribution in [-0.4, -0.2) is 35.1 Å². The predicted molar refractivity (Wildman–Crippen MR) is 69.8 cm³/mol. The first-order valence-corrected chi connectivity index (χ1v) is 6.46. The van der Waals surface area contributed by atoms with Gasteiger partial charge in [0, 0.05) is 38.6 Å². The van der Waals surface area contributed by atoms with Crippen LogP contribution in [0.5, 0.6) is 0 Å². The molecule has 0 aromatic carbocycles. The summed E-state index contributed by atoms with van der Waals surface area (Å²) in [6.07, 6.45) is 4.07. The molecule has 0 saturated heterocycles. The SMILES string of the molecule is CCOC(OCC)C(Cc1nccn1CC)NN. The second-order valence-electron chi connectivity index (χ2n) is 3.89. The first-order valence-electron chi connectivity index (χ1n) is 6.46. The standard InChI is InChI=1S/C12H24N4O2/c1-4-16-8-7-14-11(16)9-10(15-13)12(17-5-2)18-6-3/h7-8,10,12,15H,4-6,9,13H2,1-3H3. The van der Waals surface area contributed by atoms with Gasteiger partial charge in [-0.2, -0.15) is 0 Å². The number of ether oxygens (including phenoxy) is 2. The van der Waals surface area contributed by atoms with Crippen LogP contribution in [0.2, 0.25) is 0 Å². The lowest BCUT2D eigenvalue weighted by Gasteiger charge is -2.26. The van der Waals surface area contributed by atoms with Gasteiger partial charge >= 0.3 is 0 Å². The number of aromatic nitrogens is 2. The van der Waals surface area contributed by atoms with Crippen molar-refractivity contribution in [3.63, 3.8) is 0 Å². The van der Waals surface area contributed by atoms with E-state index in [0.717, 1.165) is 12.4 Å². The molecule has 0 radical (unpaired) electrons. The van der Waals surface area contributed by atoms with Crippen LogP contribution >= 0.6 is 0 Å². The van der Waals surface area contributed by atoms with Gasteiger partial charge in [-0.05, 0) is 20.8 Å². The molecule has 0 aliphatic rings. The smallest absolute Gasteiger partial charge is 0.174 e. The van der Waals surface area contributed by atoms with E-state index in [1.807, 2.05) is 20.0 Å². The number of hydrogen-bond donors (Lipinski definition) is 2. The summed E-state index contributed by atoms with van der Waals surface area (Å²) in [6.45, 7) is 8.02. The van der Waals surface area contributed by atoms with E-state index in [9.17, 15) is 0 Å². The average molecular weight is 256 g/mol. The van der Waals surface area contributed by atoms with Crippen LogP contribution in [0.1, 0.15) is 26.6 Å². The number of imidazole rings is 1. The molecule has 1 unspecified atom stereocenters. The van der Waals surface area contributed by atoms with Gasteiger partial charge in [0.05, 0.1) is 6.04 Å². The number of nitrogens with zero attached hydrogens (tertiary/aromatic N) is 2. The molecule has 0 amide bonds. The Morgan fingerprint density at radius 3 is 2.50 bits per heavy atom. The summed E-state index contributed by atoms with van der Waals surface area (Å²) < 4.78 is 13.2.